The first-order valence-electron chi connectivity index (χ1n) is 8.50. The van der Waals surface area contributed by atoms with Gasteiger partial charge in [0.1, 0.15) is 5.60 Å². The van der Waals surface area contributed by atoms with Crippen LogP contribution < -0.4 is 4.90 Å². The van der Waals surface area contributed by atoms with Crippen LogP contribution in [0.4, 0.5) is 10.5 Å². The van der Waals surface area contributed by atoms with Crippen molar-refractivity contribution >= 4 is 17.7 Å². The zero-order valence-electron chi connectivity index (χ0n) is 15.1. The van der Waals surface area contributed by atoms with Crippen molar-refractivity contribution in [2.24, 2.45) is 5.92 Å². The Bertz CT molecular complexity index is 661. The van der Waals surface area contributed by atoms with Gasteiger partial charge in [-0.05, 0) is 33.6 Å². The molecule has 0 aromatic carbocycles. The molecule has 0 spiro atoms. The van der Waals surface area contributed by atoms with Gasteiger partial charge >= 0.3 is 6.09 Å². The highest BCUT2D eigenvalue weighted by molar-refractivity contribution is 5.96. The second-order valence-corrected chi connectivity index (χ2v) is 7.93. The average molecular weight is 334 g/mol. The van der Waals surface area contributed by atoms with E-state index in [1.54, 1.807) is 16.0 Å². The third kappa shape index (κ3) is 3.12. The highest BCUT2D eigenvalue weighted by Crippen LogP contribution is 2.31. The van der Waals surface area contributed by atoms with E-state index in [0.717, 1.165) is 11.4 Å². The third-order valence-corrected chi connectivity index (χ3v) is 4.45. The van der Waals surface area contributed by atoms with Gasteiger partial charge in [-0.15, -0.1) is 0 Å². The average Bonchev–Trinajstić information content (AvgIpc) is 2.98. The maximum Gasteiger partial charge on any atom is 0.410 e. The van der Waals surface area contributed by atoms with E-state index >= 15 is 0 Å². The number of amides is 2. The Hall–Kier alpha value is -2.05. The summed E-state index contributed by atoms with van der Waals surface area (Å²) in [6, 6.07) is -0.00620. The van der Waals surface area contributed by atoms with Crippen molar-refractivity contribution in [3.05, 3.63) is 11.9 Å². The molecule has 2 amide bonds. The lowest BCUT2D eigenvalue weighted by Gasteiger charge is -2.36. The van der Waals surface area contributed by atoms with Crippen LogP contribution in [0.25, 0.3) is 0 Å². The van der Waals surface area contributed by atoms with Gasteiger partial charge in [-0.2, -0.15) is 5.10 Å². The predicted molar refractivity (Wildman–Crippen MR) is 89.6 cm³/mol. The number of rotatable bonds is 1. The molecule has 1 aromatic rings. The molecule has 2 aliphatic heterocycles. The summed E-state index contributed by atoms with van der Waals surface area (Å²) in [7, 11) is 0. The molecular formula is C17H26N4O3. The van der Waals surface area contributed by atoms with Gasteiger partial charge in [0, 0.05) is 13.0 Å². The van der Waals surface area contributed by atoms with Crippen LogP contribution >= 0.6 is 0 Å². The van der Waals surface area contributed by atoms with E-state index in [9.17, 15) is 9.59 Å². The van der Waals surface area contributed by atoms with Gasteiger partial charge in [0.05, 0.1) is 36.7 Å². The van der Waals surface area contributed by atoms with E-state index in [2.05, 4.69) is 12.0 Å². The smallest absolute Gasteiger partial charge is 0.410 e. The van der Waals surface area contributed by atoms with Crippen molar-refractivity contribution in [1.29, 1.82) is 0 Å². The third-order valence-electron chi connectivity index (χ3n) is 4.45. The number of carbonyl (C=O) groups is 2. The Balaban J connectivity index is 1.84. The van der Waals surface area contributed by atoms with Crippen molar-refractivity contribution < 1.29 is 14.3 Å². The number of anilines is 1. The van der Waals surface area contributed by atoms with Crippen molar-refractivity contribution in [3.8, 4) is 0 Å². The van der Waals surface area contributed by atoms with E-state index in [4.69, 9.17) is 4.74 Å². The minimum Gasteiger partial charge on any atom is -0.444 e. The van der Waals surface area contributed by atoms with Gasteiger partial charge in [0.15, 0.2) is 0 Å². The molecule has 2 atom stereocenters. The van der Waals surface area contributed by atoms with Crippen molar-refractivity contribution in [2.45, 2.75) is 65.8 Å². The molecule has 0 unspecified atom stereocenters. The van der Waals surface area contributed by atoms with Crippen LogP contribution in [0.5, 0.6) is 0 Å². The number of hydrogen-bond donors (Lipinski definition) is 0. The van der Waals surface area contributed by atoms with E-state index in [-0.39, 0.29) is 18.0 Å². The molecular weight excluding hydrogens is 308 g/mol. The Kier molecular flexibility index (Phi) is 4.05. The highest BCUT2D eigenvalue weighted by atomic mass is 16.6. The lowest BCUT2D eigenvalue weighted by atomic mass is 10.1. The minimum absolute atomic E-state index is 0.00620. The molecule has 3 heterocycles. The molecule has 3 rings (SSSR count). The maximum absolute atomic E-state index is 12.5. The fourth-order valence-corrected chi connectivity index (χ4v) is 3.30. The van der Waals surface area contributed by atoms with Gasteiger partial charge in [0.25, 0.3) is 0 Å². The summed E-state index contributed by atoms with van der Waals surface area (Å²) in [4.78, 5) is 28.2. The van der Waals surface area contributed by atoms with Gasteiger partial charge in [-0.1, -0.05) is 6.92 Å². The molecule has 0 N–H and O–H groups in total. The van der Waals surface area contributed by atoms with Crippen LogP contribution in [0.3, 0.4) is 0 Å². The Morgan fingerprint density at radius 3 is 2.58 bits per heavy atom. The topological polar surface area (TPSA) is 67.7 Å². The summed E-state index contributed by atoms with van der Waals surface area (Å²) >= 11 is 0. The summed E-state index contributed by atoms with van der Waals surface area (Å²) in [6.07, 6.45) is 1.99. The number of ether oxygens (including phenoxy) is 1. The molecule has 0 bridgehead atoms. The maximum atomic E-state index is 12.5. The van der Waals surface area contributed by atoms with Crippen LogP contribution in [-0.2, 0) is 22.6 Å². The van der Waals surface area contributed by atoms with Crippen LogP contribution in [0.1, 0.15) is 46.7 Å². The second-order valence-electron chi connectivity index (χ2n) is 7.93. The SMILES string of the molecule is C[C@H]1CC(=O)N(c2cnn3c2CN(C(=O)OC(C)(C)C)[C@@H](C)C3)C1. The van der Waals surface area contributed by atoms with Crippen LogP contribution in [-0.4, -0.2) is 44.9 Å². The monoisotopic (exact) mass is 334 g/mol. The van der Waals surface area contributed by atoms with Crippen LogP contribution in [0.2, 0.25) is 0 Å². The largest absolute Gasteiger partial charge is 0.444 e. The number of nitrogens with zero attached hydrogens (tertiary/aromatic N) is 4. The lowest BCUT2D eigenvalue weighted by Crippen LogP contribution is -2.47. The summed E-state index contributed by atoms with van der Waals surface area (Å²) in [6.45, 7) is 11.4. The molecule has 0 aliphatic carbocycles. The van der Waals surface area contributed by atoms with Crippen molar-refractivity contribution in [3.63, 3.8) is 0 Å². The van der Waals surface area contributed by atoms with Gasteiger partial charge in [0.2, 0.25) is 5.91 Å². The molecule has 0 radical (unpaired) electrons. The molecule has 2 aliphatic rings. The fraction of sp³-hybridized carbons (Fsp3) is 0.706. The molecule has 7 nitrogen and oxygen atoms in total. The summed E-state index contributed by atoms with van der Waals surface area (Å²) in [5.74, 6) is 0.471. The molecule has 1 saturated heterocycles. The number of carbonyl (C=O) groups excluding carboxylic acids is 2. The summed E-state index contributed by atoms with van der Waals surface area (Å²) in [5.41, 5.74) is 1.20. The standard InChI is InChI=1S/C17H26N4O3/c1-11-6-15(22)20(8-11)13-7-18-21-9-12(2)19(10-14(13)21)16(23)24-17(3,4)5/h7,11-12H,6,8-10H2,1-5H3/t11-,12-/m0/s1. The Morgan fingerprint density at radius 1 is 1.29 bits per heavy atom. The van der Waals surface area contributed by atoms with E-state index in [1.807, 2.05) is 32.4 Å². The first-order valence-corrected chi connectivity index (χ1v) is 8.50. The molecule has 1 fully saturated rings. The van der Waals surface area contributed by atoms with Gasteiger partial charge in [-0.25, -0.2) is 4.79 Å². The molecule has 0 saturated carbocycles. The minimum atomic E-state index is -0.530. The number of hydrogen-bond acceptors (Lipinski definition) is 4. The van der Waals surface area contributed by atoms with Crippen LogP contribution in [0.15, 0.2) is 6.20 Å². The van der Waals surface area contributed by atoms with E-state index in [1.165, 1.54) is 0 Å². The zero-order valence-corrected chi connectivity index (χ0v) is 15.1. The quantitative estimate of drug-likeness (QED) is 0.791. The summed E-state index contributed by atoms with van der Waals surface area (Å²) < 4.78 is 7.42. The number of aromatic nitrogens is 2. The van der Waals surface area contributed by atoms with Crippen LogP contribution in [0, 0.1) is 5.92 Å². The van der Waals surface area contributed by atoms with E-state index in [0.29, 0.717) is 32.0 Å². The van der Waals surface area contributed by atoms with E-state index < -0.39 is 5.60 Å². The van der Waals surface area contributed by atoms with Crippen molar-refractivity contribution in [1.82, 2.24) is 14.7 Å². The first-order chi connectivity index (χ1) is 11.2. The highest BCUT2D eigenvalue weighted by Gasteiger charge is 2.36. The van der Waals surface area contributed by atoms with Gasteiger partial charge in [-0.3, -0.25) is 14.4 Å². The lowest BCUT2D eigenvalue weighted by molar-refractivity contribution is -0.117. The summed E-state index contributed by atoms with van der Waals surface area (Å²) in [5, 5.41) is 4.42. The van der Waals surface area contributed by atoms with Gasteiger partial charge < -0.3 is 9.64 Å². The molecule has 132 valence electrons. The molecule has 24 heavy (non-hydrogen) atoms. The Morgan fingerprint density at radius 2 is 2.00 bits per heavy atom. The predicted octanol–water partition coefficient (Wildman–Crippen LogP) is 2.40. The van der Waals surface area contributed by atoms with Crippen molar-refractivity contribution in [2.75, 3.05) is 11.4 Å². The molecule has 1 aromatic heterocycles. The second kappa shape index (κ2) is 5.79. The normalized spacial score (nSPS) is 24.3. The fourth-order valence-electron chi connectivity index (χ4n) is 3.30. The zero-order chi connectivity index (χ0) is 17.6. The first kappa shape index (κ1) is 16.8. The number of fused-ring (bicyclic) bond motifs is 1. The molecule has 7 heteroatoms. The Labute approximate surface area is 142 Å².